The first kappa shape index (κ1) is 17.4. The van der Waals surface area contributed by atoms with Crippen LogP contribution in [0.1, 0.15) is 52.9 Å². The average molecular weight is 304 g/mol. The first-order valence-corrected chi connectivity index (χ1v) is 8.87. The summed E-state index contributed by atoms with van der Waals surface area (Å²) in [6, 6.07) is 0. The fourth-order valence-corrected chi connectivity index (χ4v) is 4.18. The molecule has 1 aliphatic heterocycles. The van der Waals surface area contributed by atoms with Gasteiger partial charge in [-0.3, -0.25) is 9.36 Å². The van der Waals surface area contributed by atoms with Crippen LogP contribution in [-0.2, 0) is 23.1 Å². The topological polar surface area (TPSA) is 61.8 Å². The van der Waals surface area contributed by atoms with E-state index < -0.39 is 7.60 Å². The highest BCUT2D eigenvalue weighted by Gasteiger charge is 2.37. The Hall–Kier alpha value is -0.640. The Morgan fingerprint density at radius 1 is 1.20 bits per heavy atom. The maximum absolute atomic E-state index is 12.7. The highest BCUT2D eigenvalue weighted by atomic mass is 31.2. The van der Waals surface area contributed by atoms with Crippen molar-refractivity contribution in [1.29, 1.82) is 0 Å². The smallest absolute Gasteiger partial charge is 0.358 e. The normalized spacial score (nSPS) is 18.8. The SMILES string of the molecule is CCCC/C(CC)=C(\CC(=O)OCC)P1(=O)OCCO1. The van der Waals surface area contributed by atoms with Gasteiger partial charge in [0.05, 0.1) is 31.6 Å². The van der Waals surface area contributed by atoms with Crippen LogP contribution < -0.4 is 0 Å². The Labute approximate surface area is 121 Å². The summed E-state index contributed by atoms with van der Waals surface area (Å²) in [7, 11) is -3.29. The summed E-state index contributed by atoms with van der Waals surface area (Å²) in [6.45, 7) is 6.79. The summed E-state index contributed by atoms with van der Waals surface area (Å²) in [6.07, 6.45) is 3.60. The van der Waals surface area contributed by atoms with E-state index in [2.05, 4.69) is 6.92 Å². The second kappa shape index (κ2) is 8.60. The van der Waals surface area contributed by atoms with E-state index in [9.17, 15) is 9.36 Å². The molecule has 0 aromatic rings. The van der Waals surface area contributed by atoms with Gasteiger partial charge in [0.1, 0.15) is 0 Å². The van der Waals surface area contributed by atoms with Gasteiger partial charge in [-0.05, 0) is 26.2 Å². The van der Waals surface area contributed by atoms with Crippen molar-refractivity contribution in [2.75, 3.05) is 19.8 Å². The minimum Gasteiger partial charge on any atom is -0.466 e. The van der Waals surface area contributed by atoms with Crippen molar-refractivity contribution < 1.29 is 23.1 Å². The van der Waals surface area contributed by atoms with Gasteiger partial charge in [-0.15, -0.1) is 0 Å². The summed E-state index contributed by atoms with van der Waals surface area (Å²) < 4.78 is 28.3. The Bertz CT molecular complexity index is 392. The molecule has 0 aromatic heterocycles. The molecule has 0 N–H and O–H groups in total. The summed E-state index contributed by atoms with van der Waals surface area (Å²) in [5, 5.41) is 0.518. The average Bonchev–Trinajstić information content (AvgIpc) is 2.86. The molecule has 6 heteroatoms. The molecule has 0 amide bonds. The molecular formula is C14H25O5P. The number of unbranched alkanes of at least 4 members (excludes halogenated alkanes) is 1. The predicted octanol–water partition coefficient (Wildman–Crippen LogP) is 4.03. The van der Waals surface area contributed by atoms with Gasteiger partial charge in [-0.1, -0.05) is 25.8 Å². The zero-order valence-electron chi connectivity index (χ0n) is 12.6. The molecule has 20 heavy (non-hydrogen) atoms. The molecule has 0 bridgehead atoms. The molecule has 1 heterocycles. The van der Waals surface area contributed by atoms with Crippen molar-refractivity contribution >= 4 is 13.6 Å². The van der Waals surface area contributed by atoms with Crippen molar-refractivity contribution in [2.24, 2.45) is 0 Å². The van der Waals surface area contributed by atoms with Crippen LogP contribution in [0.5, 0.6) is 0 Å². The van der Waals surface area contributed by atoms with Crippen molar-refractivity contribution in [3.63, 3.8) is 0 Å². The number of ether oxygens (including phenoxy) is 1. The molecule has 0 saturated carbocycles. The molecule has 1 aliphatic rings. The van der Waals surface area contributed by atoms with Gasteiger partial charge in [-0.2, -0.15) is 0 Å². The third-order valence-corrected chi connectivity index (χ3v) is 5.40. The Kier molecular flexibility index (Phi) is 7.49. The zero-order chi connectivity index (χ0) is 15.0. The van der Waals surface area contributed by atoms with Gasteiger partial charge >= 0.3 is 13.6 Å². The number of carbonyl (C=O) groups excluding carboxylic acids is 1. The van der Waals surface area contributed by atoms with Gasteiger partial charge in [0.15, 0.2) is 0 Å². The molecule has 0 radical (unpaired) electrons. The van der Waals surface area contributed by atoms with E-state index >= 15 is 0 Å². The van der Waals surface area contributed by atoms with Crippen LogP contribution in [0.15, 0.2) is 10.9 Å². The Morgan fingerprint density at radius 3 is 2.35 bits per heavy atom. The quantitative estimate of drug-likeness (QED) is 0.500. The van der Waals surface area contributed by atoms with E-state index in [4.69, 9.17) is 13.8 Å². The standard InChI is InChI=1S/C14H25O5P/c1-4-7-8-12(5-2)13(11-14(15)17-6-3)20(16)18-9-10-19-20/h4-11H2,1-3H3/b13-12+. The first-order chi connectivity index (χ1) is 9.57. The number of allylic oxidation sites excluding steroid dienone is 1. The molecule has 0 unspecified atom stereocenters. The molecule has 0 aromatic carbocycles. The van der Waals surface area contributed by atoms with Crippen LogP contribution in [0.2, 0.25) is 0 Å². The molecule has 0 atom stereocenters. The zero-order valence-corrected chi connectivity index (χ0v) is 13.5. The van der Waals surface area contributed by atoms with Crippen LogP contribution in [0.3, 0.4) is 0 Å². The molecule has 5 nitrogen and oxygen atoms in total. The minimum atomic E-state index is -3.29. The van der Waals surface area contributed by atoms with E-state index in [-0.39, 0.29) is 12.4 Å². The third kappa shape index (κ3) is 4.72. The lowest BCUT2D eigenvalue weighted by Gasteiger charge is -2.18. The van der Waals surface area contributed by atoms with Crippen molar-refractivity contribution in [3.05, 3.63) is 10.9 Å². The van der Waals surface area contributed by atoms with Crippen LogP contribution in [0, 0.1) is 0 Å². The second-order valence-electron chi connectivity index (χ2n) is 4.65. The lowest BCUT2D eigenvalue weighted by atomic mass is 10.1. The van der Waals surface area contributed by atoms with Gasteiger partial charge in [0.25, 0.3) is 0 Å². The van der Waals surface area contributed by atoms with Crippen LogP contribution >= 0.6 is 7.60 Å². The Morgan fingerprint density at radius 2 is 1.85 bits per heavy atom. The number of hydrogen-bond acceptors (Lipinski definition) is 5. The summed E-state index contributed by atoms with van der Waals surface area (Å²) >= 11 is 0. The lowest BCUT2D eigenvalue weighted by molar-refractivity contribution is -0.142. The van der Waals surface area contributed by atoms with Crippen LogP contribution in [-0.4, -0.2) is 25.8 Å². The van der Waals surface area contributed by atoms with Gasteiger partial charge in [0.2, 0.25) is 0 Å². The maximum Gasteiger partial charge on any atom is 0.358 e. The maximum atomic E-state index is 12.7. The molecule has 0 spiro atoms. The van der Waals surface area contributed by atoms with Crippen LogP contribution in [0.4, 0.5) is 0 Å². The molecule has 1 saturated heterocycles. The third-order valence-electron chi connectivity index (χ3n) is 3.22. The molecule has 1 rings (SSSR count). The van der Waals surface area contributed by atoms with E-state index in [0.29, 0.717) is 25.1 Å². The number of hydrogen-bond donors (Lipinski definition) is 0. The number of rotatable bonds is 8. The van der Waals surface area contributed by atoms with Crippen molar-refractivity contribution in [3.8, 4) is 0 Å². The highest BCUT2D eigenvalue weighted by Crippen LogP contribution is 2.61. The monoisotopic (exact) mass is 304 g/mol. The summed E-state index contributed by atoms with van der Waals surface area (Å²) in [5.41, 5.74) is 1.00. The lowest BCUT2D eigenvalue weighted by Crippen LogP contribution is -2.08. The van der Waals surface area contributed by atoms with Crippen molar-refractivity contribution in [2.45, 2.75) is 52.9 Å². The van der Waals surface area contributed by atoms with E-state index in [0.717, 1.165) is 31.3 Å². The van der Waals surface area contributed by atoms with E-state index in [1.807, 2.05) is 6.92 Å². The summed E-state index contributed by atoms with van der Waals surface area (Å²) in [4.78, 5) is 11.8. The van der Waals surface area contributed by atoms with Crippen LogP contribution in [0.25, 0.3) is 0 Å². The molecule has 0 aliphatic carbocycles. The largest absolute Gasteiger partial charge is 0.466 e. The fourth-order valence-electron chi connectivity index (χ4n) is 2.19. The van der Waals surface area contributed by atoms with Gasteiger partial charge in [0, 0.05) is 0 Å². The number of esters is 1. The highest BCUT2D eigenvalue weighted by molar-refractivity contribution is 7.58. The van der Waals surface area contributed by atoms with Crippen molar-refractivity contribution in [1.82, 2.24) is 0 Å². The van der Waals surface area contributed by atoms with Gasteiger partial charge in [-0.25, -0.2) is 0 Å². The first-order valence-electron chi connectivity index (χ1n) is 7.33. The van der Waals surface area contributed by atoms with Gasteiger partial charge < -0.3 is 13.8 Å². The minimum absolute atomic E-state index is 0.00198. The second-order valence-corrected chi connectivity index (χ2v) is 6.70. The Balaban J connectivity index is 3.01. The molecule has 1 fully saturated rings. The molecular weight excluding hydrogens is 279 g/mol. The number of carbonyl (C=O) groups is 1. The molecule has 116 valence electrons. The van der Waals surface area contributed by atoms with E-state index in [1.54, 1.807) is 6.92 Å². The predicted molar refractivity (Wildman–Crippen MR) is 77.6 cm³/mol. The van der Waals surface area contributed by atoms with E-state index in [1.165, 1.54) is 0 Å². The summed E-state index contributed by atoms with van der Waals surface area (Å²) in [5.74, 6) is -0.376. The fraction of sp³-hybridized carbons (Fsp3) is 0.786.